The van der Waals surface area contributed by atoms with Crippen LogP contribution in [0.3, 0.4) is 0 Å². The third-order valence-corrected chi connectivity index (χ3v) is 6.98. The van der Waals surface area contributed by atoms with Gasteiger partial charge in [-0.2, -0.15) is 16.9 Å². The summed E-state index contributed by atoms with van der Waals surface area (Å²) >= 11 is 1.93. The Kier molecular flexibility index (Phi) is 6.06. The number of ether oxygens (including phenoxy) is 1. The number of amides is 1. The third-order valence-electron chi connectivity index (χ3n) is 6.00. The average Bonchev–Trinajstić information content (AvgIpc) is 3.16. The Bertz CT molecular complexity index is 722. The highest BCUT2D eigenvalue weighted by atomic mass is 32.2. The minimum atomic E-state index is -0.519. The van der Waals surface area contributed by atoms with E-state index in [2.05, 4.69) is 10.4 Å². The van der Waals surface area contributed by atoms with Crippen molar-refractivity contribution in [2.75, 3.05) is 18.1 Å². The molecule has 1 N–H and O–H groups in total. The molecule has 0 aromatic carbocycles. The number of nitrogens with one attached hydrogen (secondary N) is 1. The summed E-state index contributed by atoms with van der Waals surface area (Å²) < 4.78 is 19.7. The van der Waals surface area contributed by atoms with Gasteiger partial charge >= 0.3 is 13.2 Å². The lowest BCUT2D eigenvalue weighted by molar-refractivity contribution is 0.00578. The first-order valence-corrected chi connectivity index (χ1v) is 11.4. The Hall–Kier alpha value is -1.19. The standard InChI is InChI=1S/C20H34BN3O4S/c1-17(2,3)26-16(25)22-14-20(8-10-29-11-9-20)24-13-15(12-23-24)21-27-18(4,5)19(6,7)28-21/h12-13H,8-11,14H2,1-7H3,(H,22,25). The van der Waals surface area contributed by atoms with Crippen molar-refractivity contribution in [2.24, 2.45) is 0 Å². The van der Waals surface area contributed by atoms with E-state index in [4.69, 9.17) is 14.0 Å². The first kappa shape index (κ1) is 22.5. The van der Waals surface area contributed by atoms with Crippen molar-refractivity contribution in [1.82, 2.24) is 15.1 Å². The van der Waals surface area contributed by atoms with Crippen LogP contribution in [0.15, 0.2) is 12.4 Å². The quantitative estimate of drug-likeness (QED) is 0.751. The van der Waals surface area contributed by atoms with Crippen LogP contribution in [0, 0.1) is 0 Å². The summed E-state index contributed by atoms with van der Waals surface area (Å²) in [4.78, 5) is 12.2. The monoisotopic (exact) mass is 423 g/mol. The summed E-state index contributed by atoms with van der Waals surface area (Å²) in [6.45, 7) is 14.2. The largest absolute Gasteiger partial charge is 0.498 e. The summed E-state index contributed by atoms with van der Waals surface area (Å²) in [5.74, 6) is 2.06. The molecule has 1 aromatic rings. The molecule has 3 heterocycles. The molecule has 0 bridgehead atoms. The van der Waals surface area contributed by atoms with Crippen LogP contribution in [0.1, 0.15) is 61.3 Å². The van der Waals surface area contributed by atoms with Gasteiger partial charge in [0, 0.05) is 24.4 Å². The number of nitrogens with zero attached hydrogens (tertiary/aromatic N) is 2. The van der Waals surface area contributed by atoms with E-state index >= 15 is 0 Å². The van der Waals surface area contributed by atoms with Crippen LogP contribution in [-0.2, 0) is 19.6 Å². The number of thioether (sulfide) groups is 1. The minimum Gasteiger partial charge on any atom is -0.444 e. The maximum atomic E-state index is 12.2. The second kappa shape index (κ2) is 7.82. The summed E-state index contributed by atoms with van der Waals surface area (Å²) in [5, 5.41) is 7.62. The van der Waals surface area contributed by atoms with Crippen LogP contribution in [0.2, 0.25) is 0 Å². The fourth-order valence-corrected chi connectivity index (χ4v) is 4.74. The van der Waals surface area contributed by atoms with E-state index in [1.54, 1.807) is 0 Å². The minimum absolute atomic E-state index is 0.274. The normalized spacial score (nSPS) is 23.1. The molecule has 0 atom stereocenters. The molecule has 0 unspecified atom stereocenters. The van der Waals surface area contributed by atoms with Gasteiger partial charge in [-0.05, 0) is 72.8 Å². The fraction of sp³-hybridized carbons (Fsp3) is 0.800. The van der Waals surface area contributed by atoms with Gasteiger partial charge in [0.25, 0.3) is 0 Å². The number of carbonyl (C=O) groups is 1. The maximum absolute atomic E-state index is 12.2. The average molecular weight is 423 g/mol. The Morgan fingerprint density at radius 1 is 1.24 bits per heavy atom. The Morgan fingerprint density at radius 2 is 1.83 bits per heavy atom. The van der Waals surface area contributed by atoms with Crippen molar-refractivity contribution in [3.63, 3.8) is 0 Å². The second-order valence-corrected chi connectivity index (χ2v) is 11.2. The maximum Gasteiger partial charge on any atom is 0.498 e. The van der Waals surface area contributed by atoms with Crippen molar-refractivity contribution in [1.29, 1.82) is 0 Å². The zero-order valence-corrected chi connectivity index (χ0v) is 19.5. The zero-order valence-electron chi connectivity index (χ0n) is 18.7. The molecule has 2 aliphatic heterocycles. The van der Waals surface area contributed by atoms with Gasteiger partial charge in [0.1, 0.15) is 5.60 Å². The van der Waals surface area contributed by atoms with Gasteiger partial charge in [0.2, 0.25) is 0 Å². The van der Waals surface area contributed by atoms with Crippen LogP contribution in [0.25, 0.3) is 0 Å². The molecule has 0 radical (unpaired) electrons. The lowest BCUT2D eigenvalue weighted by Gasteiger charge is -2.37. The molecule has 2 fully saturated rings. The number of hydrogen-bond acceptors (Lipinski definition) is 6. The zero-order chi connectivity index (χ0) is 21.5. The van der Waals surface area contributed by atoms with Crippen LogP contribution < -0.4 is 10.8 Å². The van der Waals surface area contributed by atoms with E-state index in [0.717, 1.165) is 29.8 Å². The molecular weight excluding hydrogens is 389 g/mol. The SMILES string of the molecule is CC(C)(C)OC(=O)NCC1(n2cc(B3OC(C)(C)C(C)(C)O3)cn2)CCSCC1. The molecule has 0 spiro atoms. The molecule has 2 saturated heterocycles. The summed E-state index contributed by atoms with van der Waals surface area (Å²) in [7, 11) is -0.442. The van der Waals surface area contributed by atoms with Crippen LogP contribution >= 0.6 is 11.8 Å². The van der Waals surface area contributed by atoms with Crippen molar-refractivity contribution in [3.05, 3.63) is 12.4 Å². The molecule has 1 aromatic heterocycles. The van der Waals surface area contributed by atoms with E-state index in [0.29, 0.717) is 6.54 Å². The molecule has 29 heavy (non-hydrogen) atoms. The third kappa shape index (κ3) is 4.94. The first-order chi connectivity index (χ1) is 13.3. The van der Waals surface area contributed by atoms with Gasteiger partial charge < -0.3 is 19.4 Å². The van der Waals surface area contributed by atoms with Gasteiger partial charge in [-0.25, -0.2) is 4.79 Å². The smallest absolute Gasteiger partial charge is 0.444 e. The van der Waals surface area contributed by atoms with E-state index in [1.165, 1.54) is 0 Å². The number of alkyl carbamates (subject to hydrolysis) is 1. The van der Waals surface area contributed by atoms with Crippen LogP contribution in [-0.4, -0.2) is 57.8 Å². The van der Waals surface area contributed by atoms with Crippen molar-refractivity contribution >= 4 is 30.4 Å². The number of carbonyl (C=O) groups excluding carboxylic acids is 1. The van der Waals surface area contributed by atoms with Gasteiger partial charge in [-0.15, -0.1) is 0 Å². The van der Waals surface area contributed by atoms with E-state index in [9.17, 15) is 4.79 Å². The lowest BCUT2D eigenvalue weighted by Crippen LogP contribution is -2.49. The summed E-state index contributed by atoms with van der Waals surface area (Å²) in [6.07, 6.45) is 5.29. The van der Waals surface area contributed by atoms with Gasteiger partial charge in [-0.1, -0.05) is 0 Å². The molecule has 0 saturated carbocycles. The molecule has 3 rings (SSSR count). The van der Waals surface area contributed by atoms with Crippen LogP contribution in [0.4, 0.5) is 4.79 Å². The van der Waals surface area contributed by atoms with E-state index in [1.807, 2.05) is 77.3 Å². The predicted molar refractivity (Wildman–Crippen MR) is 117 cm³/mol. The van der Waals surface area contributed by atoms with Crippen molar-refractivity contribution < 1.29 is 18.8 Å². The second-order valence-electron chi connectivity index (χ2n) is 10.00. The Labute approximate surface area is 178 Å². The van der Waals surface area contributed by atoms with Crippen molar-refractivity contribution in [2.45, 2.75) is 83.6 Å². The summed E-state index contributed by atoms with van der Waals surface area (Å²) in [6, 6.07) is 0. The lowest BCUT2D eigenvalue weighted by atomic mass is 9.81. The Morgan fingerprint density at radius 3 is 2.38 bits per heavy atom. The van der Waals surface area contributed by atoms with Gasteiger partial charge in [0.15, 0.2) is 0 Å². The first-order valence-electron chi connectivity index (χ1n) is 10.3. The van der Waals surface area contributed by atoms with Gasteiger partial charge in [0.05, 0.1) is 16.7 Å². The molecule has 2 aliphatic rings. The highest BCUT2D eigenvalue weighted by molar-refractivity contribution is 7.99. The number of hydrogen-bond donors (Lipinski definition) is 1. The highest BCUT2D eigenvalue weighted by Gasteiger charge is 2.52. The summed E-state index contributed by atoms with van der Waals surface area (Å²) in [5.41, 5.74) is -0.674. The Balaban J connectivity index is 1.76. The predicted octanol–water partition coefficient (Wildman–Crippen LogP) is 2.93. The van der Waals surface area contributed by atoms with Gasteiger partial charge in [-0.3, -0.25) is 4.68 Å². The number of aromatic nitrogens is 2. The topological polar surface area (TPSA) is 74.6 Å². The number of rotatable bonds is 4. The van der Waals surface area contributed by atoms with Crippen LogP contribution in [0.5, 0.6) is 0 Å². The molecule has 0 aliphatic carbocycles. The molecule has 9 heteroatoms. The van der Waals surface area contributed by atoms with Crippen molar-refractivity contribution in [3.8, 4) is 0 Å². The highest BCUT2D eigenvalue weighted by Crippen LogP contribution is 2.37. The fourth-order valence-electron chi connectivity index (χ4n) is 3.49. The van der Waals surface area contributed by atoms with E-state index < -0.39 is 30.0 Å². The molecule has 7 nitrogen and oxygen atoms in total. The van der Waals surface area contributed by atoms with E-state index in [-0.39, 0.29) is 5.54 Å². The molecular formula is C20H34BN3O4S. The molecule has 1 amide bonds. The molecule has 162 valence electrons.